The minimum atomic E-state index is -0.322. The van der Waals surface area contributed by atoms with Crippen LogP contribution in [-0.2, 0) is 6.54 Å². The lowest BCUT2D eigenvalue weighted by Crippen LogP contribution is -2.30. The molecule has 1 N–H and O–H groups in total. The van der Waals surface area contributed by atoms with Gasteiger partial charge in [-0.3, -0.25) is 9.69 Å². The summed E-state index contributed by atoms with van der Waals surface area (Å²) in [7, 11) is 1.90. The molecule has 1 aromatic heterocycles. The number of nitrogens with one attached hydrogen (secondary N) is 1. The van der Waals surface area contributed by atoms with E-state index in [9.17, 15) is 9.18 Å². The zero-order chi connectivity index (χ0) is 28.8. The molecule has 1 aliphatic heterocycles. The molecule has 4 aromatic carbocycles. The summed E-state index contributed by atoms with van der Waals surface area (Å²) < 4.78 is 13.6. The molecule has 0 atom stereocenters. The first-order valence-corrected chi connectivity index (χ1v) is 13.7. The van der Waals surface area contributed by atoms with E-state index in [1.807, 2.05) is 86.5 Å². The van der Waals surface area contributed by atoms with E-state index in [-0.39, 0.29) is 24.3 Å². The Bertz CT molecular complexity index is 1570. The number of hydrogen-bond donors (Lipinski definition) is 1. The van der Waals surface area contributed by atoms with Gasteiger partial charge in [0.25, 0.3) is 5.91 Å². The van der Waals surface area contributed by atoms with Crippen molar-refractivity contribution >= 4 is 29.0 Å². The van der Waals surface area contributed by atoms with Crippen molar-refractivity contribution in [2.24, 2.45) is 0 Å². The Kier molecular flexibility index (Phi) is 8.34. The van der Waals surface area contributed by atoms with E-state index in [4.69, 9.17) is 4.98 Å². The first-order chi connectivity index (χ1) is 20.1. The lowest BCUT2D eigenvalue weighted by atomic mass is 9.99. The van der Waals surface area contributed by atoms with Crippen LogP contribution in [0.1, 0.15) is 46.9 Å². The van der Waals surface area contributed by atoms with Crippen molar-refractivity contribution in [3.63, 3.8) is 0 Å². The van der Waals surface area contributed by atoms with E-state index < -0.39 is 0 Å². The predicted octanol–water partition coefficient (Wildman–Crippen LogP) is 7.77. The Hall–Kier alpha value is -5.04. The van der Waals surface area contributed by atoms with Crippen molar-refractivity contribution in [3.05, 3.63) is 143 Å². The number of nitrogens with zero attached hydrogens (tertiary/aromatic N) is 4. The van der Waals surface area contributed by atoms with Crippen LogP contribution in [0.4, 0.5) is 27.5 Å². The minimum absolute atomic E-state index is 0.170. The molecule has 5 aromatic rings. The van der Waals surface area contributed by atoms with Crippen LogP contribution in [0.2, 0.25) is 0 Å². The van der Waals surface area contributed by atoms with Crippen molar-refractivity contribution in [2.45, 2.75) is 26.4 Å². The highest BCUT2D eigenvalue weighted by Crippen LogP contribution is 2.39. The second-order valence-electron chi connectivity index (χ2n) is 9.40. The normalized spacial score (nSPS) is 12.2. The van der Waals surface area contributed by atoms with Gasteiger partial charge in [0.1, 0.15) is 11.5 Å². The van der Waals surface area contributed by atoms with Crippen LogP contribution in [0.25, 0.3) is 0 Å². The second-order valence-corrected chi connectivity index (χ2v) is 9.40. The number of fused-ring (bicyclic) bond motifs is 2. The number of halogens is 1. The highest BCUT2D eigenvalue weighted by molar-refractivity contribution is 6.13. The maximum atomic E-state index is 13.8. The van der Waals surface area contributed by atoms with E-state index >= 15 is 0 Å². The third kappa shape index (κ3) is 5.79. The van der Waals surface area contributed by atoms with Crippen LogP contribution < -0.4 is 15.1 Å². The molecule has 6 rings (SSSR count). The molecule has 0 fully saturated rings. The van der Waals surface area contributed by atoms with Gasteiger partial charge in [-0.1, -0.05) is 98.8 Å². The summed E-state index contributed by atoms with van der Waals surface area (Å²) in [6.45, 7) is 4.25. The van der Waals surface area contributed by atoms with E-state index in [1.54, 1.807) is 23.2 Å². The van der Waals surface area contributed by atoms with Crippen molar-refractivity contribution < 1.29 is 9.18 Å². The molecule has 41 heavy (non-hydrogen) atoms. The molecule has 1 amide bonds. The number of hydrogen-bond acceptors (Lipinski definition) is 5. The first-order valence-electron chi connectivity index (χ1n) is 13.7. The van der Waals surface area contributed by atoms with Gasteiger partial charge in [0.2, 0.25) is 5.95 Å². The van der Waals surface area contributed by atoms with Gasteiger partial charge in [-0.15, -0.1) is 0 Å². The van der Waals surface area contributed by atoms with Crippen molar-refractivity contribution in [1.82, 2.24) is 9.97 Å². The van der Waals surface area contributed by atoms with Crippen molar-refractivity contribution in [2.75, 3.05) is 22.2 Å². The van der Waals surface area contributed by atoms with Gasteiger partial charge in [-0.2, -0.15) is 4.98 Å². The first kappa shape index (κ1) is 27.5. The Morgan fingerprint density at radius 3 is 2.00 bits per heavy atom. The summed E-state index contributed by atoms with van der Waals surface area (Å²) in [6, 6.07) is 33.7. The molecule has 0 saturated carbocycles. The minimum Gasteiger partial charge on any atom is -0.343 e. The van der Waals surface area contributed by atoms with Gasteiger partial charge in [-0.05, 0) is 41.0 Å². The molecule has 0 aliphatic carbocycles. The van der Waals surface area contributed by atoms with Crippen LogP contribution in [0.15, 0.2) is 115 Å². The summed E-state index contributed by atoms with van der Waals surface area (Å²) in [5.41, 5.74) is 4.83. The van der Waals surface area contributed by atoms with Gasteiger partial charge in [0, 0.05) is 7.05 Å². The molecule has 0 bridgehead atoms. The molecule has 7 heteroatoms. The molecule has 1 aliphatic rings. The number of anilines is 4. The monoisotopic (exact) mass is 545 g/mol. The number of para-hydroxylation sites is 1. The van der Waals surface area contributed by atoms with Crippen LogP contribution in [0.3, 0.4) is 0 Å². The van der Waals surface area contributed by atoms with Gasteiger partial charge in [0.05, 0.1) is 30.0 Å². The van der Waals surface area contributed by atoms with Crippen molar-refractivity contribution in [1.29, 1.82) is 0 Å². The van der Waals surface area contributed by atoms with E-state index in [0.717, 1.165) is 22.4 Å². The summed E-state index contributed by atoms with van der Waals surface area (Å²) >= 11 is 0. The molecule has 206 valence electrons. The van der Waals surface area contributed by atoms with Crippen LogP contribution in [0, 0.1) is 5.82 Å². The third-order valence-electron chi connectivity index (χ3n) is 6.89. The number of amides is 1. The predicted molar refractivity (Wildman–Crippen MR) is 163 cm³/mol. The largest absolute Gasteiger partial charge is 0.343 e. The van der Waals surface area contributed by atoms with Gasteiger partial charge in [-0.25, -0.2) is 9.37 Å². The second kappa shape index (κ2) is 12.4. The van der Waals surface area contributed by atoms with Gasteiger partial charge < -0.3 is 10.2 Å². The number of aromatic nitrogens is 2. The summed E-state index contributed by atoms with van der Waals surface area (Å²) in [5, 5.41) is 3.51. The van der Waals surface area contributed by atoms with Crippen LogP contribution in [0.5, 0.6) is 0 Å². The number of carbonyl (C=O) groups is 1. The Morgan fingerprint density at radius 2 is 1.37 bits per heavy atom. The maximum Gasteiger partial charge on any atom is 0.260 e. The molecule has 2 heterocycles. The zero-order valence-corrected chi connectivity index (χ0v) is 23.3. The topological polar surface area (TPSA) is 61.4 Å². The lowest BCUT2D eigenvalue weighted by Gasteiger charge is -2.25. The third-order valence-corrected chi connectivity index (χ3v) is 6.89. The van der Waals surface area contributed by atoms with E-state index in [2.05, 4.69) is 34.6 Å². The van der Waals surface area contributed by atoms with Crippen LogP contribution >= 0.6 is 0 Å². The molecular weight excluding hydrogens is 513 g/mol. The maximum absolute atomic E-state index is 13.8. The van der Waals surface area contributed by atoms with Gasteiger partial charge in [0.15, 0.2) is 5.82 Å². The fraction of sp³-hybridized carbons (Fsp3) is 0.147. The smallest absolute Gasteiger partial charge is 0.260 e. The Balaban J connectivity index is 0.00000165. The molecule has 0 spiro atoms. The molecule has 0 unspecified atom stereocenters. The van der Waals surface area contributed by atoms with Crippen molar-refractivity contribution in [3.8, 4) is 0 Å². The van der Waals surface area contributed by atoms with E-state index in [0.29, 0.717) is 23.0 Å². The average Bonchev–Trinajstić information content (AvgIpc) is 3.12. The summed E-state index contributed by atoms with van der Waals surface area (Å²) in [6.07, 6.45) is 1.68. The quantitative estimate of drug-likeness (QED) is 0.236. The fourth-order valence-electron chi connectivity index (χ4n) is 4.90. The van der Waals surface area contributed by atoms with E-state index in [1.165, 1.54) is 12.1 Å². The highest BCUT2D eigenvalue weighted by atomic mass is 19.1. The number of carbonyl (C=O) groups excluding carboxylic acids is 1. The summed E-state index contributed by atoms with van der Waals surface area (Å²) in [5.74, 6) is 0.535. The molecular formula is C34H32FN5O. The number of benzene rings is 4. The summed E-state index contributed by atoms with van der Waals surface area (Å²) in [4.78, 5) is 27.0. The zero-order valence-electron chi connectivity index (χ0n) is 23.3. The Labute approximate surface area is 240 Å². The molecule has 0 radical (unpaired) electrons. The lowest BCUT2D eigenvalue weighted by molar-refractivity contribution is 0.0986. The Morgan fingerprint density at radius 1 is 0.780 bits per heavy atom. The molecule has 6 nitrogen and oxygen atoms in total. The molecule has 0 saturated heterocycles. The van der Waals surface area contributed by atoms with Gasteiger partial charge >= 0.3 is 0 Å². The number of rotatable bonds is 6. The standard InChI is InChI=1S/C32H26FN5O.C2H6/c1-37-27-15-9-8-14-26(27)31(39)38(21-22-16-18-25(33)19-17-22)28-20-34-32(36-30(28)37)35-29(23-10-4-2-5-11-23)24-12-6-3-7-13-24;1-2/h2-20,29H,21H2,1H3,(H,34,35,36);1-2H3. The average molecular weight is 546 g/mol. The highest BCUT2D eigenvalue weighted by Gasteiger charge is 2.31. The fourth-order valence-corrected chi connectivity index (χ4v) is 4.90. The SMILES string of the molecule is CC.CN1c2ccccc2C(=O)N(Cc2ccc(F)cc2)c2cnc(NC(c3ccccc3)c3ccccc3)nc21. The van der Waals surface area contributed by atoms with Crippen LogP contribution in [-0.4, -0.2) is 22.9 Å².